The molecule has 0 aliphatic heterocycles. The van der Waals surface area contributed by atoms with Gasteiger partial charge in [-0.3, -0.25) is 0 Å². The topological polar surface area (TPSA) is 35.2 Å². The Kier molecular flexibility index (Phi) is 2.66. The molecule has 0 aromatic heterocycles. The highest BCUT2D eigenvalue weighted by Gasteiger charge is 2.49. The third kappa shape index (κ3) is 1.92. The van der Waals surface area contributed by atoms with Crippen molar-refractivity contribution in [3.05, 3.63) is 29.6 Å². The van der Waals surface area contributed by atoms with Crippen LogP contribution in [0.5, 0.6) is 5.75 Å². The van der Waals surface area contributed by atoms with Gasteiger partial charge in [-0.25, -0.2) is 4.39 Å². The summed E-state index contributed by atoms with van der Waals surface area (Å²) in [6.45, 7) is 4.33. The first-order chi connectivity index (χ1) is 7.45. The predicted octanol–water partition coefficient (Wildman–Crippen LogP) is 2.88. The van der Waals surface area contributed by atoms with Gasteiger partial charge in [-0.2, -0.15) is 0 Å². The molecule has 0 heterocycles. The molecule has 1 aliphatic rings. The second-order valence-corrected chi connectivity index (χ2v) is 5.21. The molecule has 1 aliphatic carbocycles. The molecule has 3 heteroatoms. The summed E-state index contributed by atoms with van der Waals surface area (Å²) >= 11 is 0. The molecule has 0 amide bonds. The van der Waals surface area contributed by atoms with Crippen LogP contribution < -0.4 is 10.5 Å². The highest BCUT2D eigenvalue weighted by atomic mass is 19.1. The molecule has 0 radical (unpaired) electrons. The Morgan fingerprint density at radius 2 is 2.12 bits per heavy atom. The lowest BCUT2D eigenvalue weighted by atomic mass is 9.97. The highest BCUT2D eigenvalue weighted by molar-refractivity contribution is 5.32. The summed E-state index contributed by atoms with van der Waals surface area (Å²) in [7, 11) is 1.53. The maximum absolute atomic E-state index is 13.8. The van der Waals surface area contributed by atoms with E-state index in [0.717, 1.165) is 6.42 Å². The fourth-order valence-electron chi connectivity index (χ4n) is 2.24. The number of hydrogen-bond donors (Lipinski definition) is 1. The Bertz CT molecular complexity index is 403. The molecule has 0 spiro atoms. The van der Waals surface area contributed by atoms with Crippen LogP contribution in [-0.4, -0.2) is 7.11 Å². The first kappa shape index (κ1) is 11.4. The standard InChI is InChI=1S/C13H18FNO/c1-13(2)7-10(13)12(15)9-5-4-8(16-3)6-11(9)14/h4-6,10,12H,7,15H2,1-3H3. The maximum Gasteiger partial charge on any atom is 0.131 e. The van der Waals surface area contributed by atoms with E-state index in [1.165, 1.54) is 13.2 Å². The van der Waals surface area contributed by atoms with E-state index in [0.29, 0.717) is 17.2 Å². The van der Waals surface area contributed by atoms with E-state index < -0.39 is 0 Å². The predicted molar refractivity (Wildman–Crippen MR) is 61.8 cm³/mol. The number of hydrogen-bond acceptors (Lipinski definition) is 2. The minimum absolute atomic E-state index is 0.207. The van der Waals surface area contributed by atoms with Gasteiger partial charge >= 0.3 is 0 Å². The first-order valence-corrected chi connectivity index (χ1v) is 5.55. The Hall–Kier alpha value is -1.09. The van der Waals surface area contributed by atoms with Crippen LogP contribution in [0.15, 0.2) is 18.2 Å². The van der Waals surface area contributed by atoms with E-state index in [1.54, 1.807) is 12.1 Å². The van der Waals surface area contributed by atoms with Crippen LogP contribution in [0.4, 0.5) is 4.39 Å². The summed E-state index contributed by atoms with van der Waals surface area (Å²) in [6, 6.07) is 4.67. The highest BCUT2D eigenvalue weighted by Crippen LogP contribution is 2.57. The quantitative estimate of drug-likeness (QED) is 0.855. The van der Waals surface area contributed by atoms with Gasteiger partial charge in [0.15, 0.2) is 0 Å². The number of halogens is 1. The van der Waals surface area contributed by atoms with Crippen molar-refractivity contribution in [1.82, 2.24) is 0 Å². The van der Waals surface area contributed by atoms with E-state index in [2.05, 4.69) is 13.8 Å². The molecule has 0 bridgehead atoms. The van der Waals surface area contributed by atoms with Crippen LogP contribution in [0.3, 0.4) is 0 Å². The molecular formula is C13H18FNO. The summed E-state index contributed by atoms with van der Waals surface area (Å²) in [6.07, 6.45) is 1.07. The number of methoxy groups -OCH3 is 1. The van der Waals surface area contributed by atoms with Crippen LogP contribution in [-0.2, 0) is 0 Å². The third-order valence-electron chi connectivity index (χ3n) is 3.59. The van der Waals surface area contributed by atoms with E-state index >= 15 is 0 Å². The molecule has 1 fully saturated rings. The monoisotopic (exact) mass is 223 g/mol. The van der Waals surface area contributed by atoms with Gasteiger partial charge in [0.25, 0.3) is 0 Å². The number of benzene rings is 1. The zero-order valence-corrected chi connectivity index (χ0v) is 9.96. The zero-order chi connectivity index (χ0) is 11.9. The fourth-order valence-corrected chi connectivity index (χ4v) is 2.24. The van der Waals surface area contributed by atoms with Gasteiger partial charge in [0, 0.05) is 17.7 Å². The smallest absolute Gasteiger partial charge is 0.131 e. The molecule has 1 aromatic rings. The summed E-state index contributed by atoms with van der Waals surface area (Å²) in [5.74, 6) is 0.647. The van der Waals surface area contributed by atoms with Crippen molar-refractivity contribution in [3.63, 3.8) is 0 Å². The summed E-state index contributed by atoms with van der Waals surface area (Å²) < 4.78 is 18.7. The van der Waals surface area contributed by atoms with E-state index in [9.17, 15) is 4.39 Å². The van der Waals surface area contributed by atoms with Crippen molar-refractivity contribution < 1.29 is 9.13 Å². The minimum Gasteiger partial charge on any atom is -0.497 e. The minimum atomic E-state index is -0.269. The molecule has 2 nitrogen and oxygen atoms in total. The lowest BCUT2D eigenvalue weighted by Crippen LogP contribution is -2.17. The largest absolute Gasteiger partial charge is 0.497 e. The van der Waals surface area contributed by atoms with Gasteiger partial charge in [-0.05, 0) is 23.8 Å². The maximum atomic E-state index is 13.8. The Balaban J connectivity index is 2.21. The molecule has 2 unspecified atom stereocenters. The fraction of sp³-hybridized carbons (Fsp3) is 0.538. The average Bonchev–Trinajstić information content (AvgIpc) is 2.86. The Morgan fingerprint density at radius 3 is 2.56 bits per heavy atom. The summed E-state index contributed by atoms with van der Waals surface area (Å²) in [5.41, 5.74) is 6.94. The Labute approximate surface area is 95.6 Å². The lowest BCUT2D eigenvalue weighted by molar-refractivity contribution is 0.408. The molecule has 2 rings (SSSR count). The van der Waals surface area contributed by atoms with Crippen molar-refractivity contribution in [2.45, 2.75) is 26.3 Å². The molecule has 1 saturated carbocycles. The number of ether oxygens (including phenoxy) is 1. The molecular weight excluding hydrogens is 205 g/mol. The van der Waals surface area contributed by atoms with Crippen LogP contribution in [0, 0.1) is 17.2 Å². The molecule has 88 valence electrons. The summed E-state index contributed by atoms with van der Waals surface area (Å²) in [5, 5.41) is 0. The third-order valence-corrected chi connectivity index (χ3v) is 3.59. The normalized spacial score (nSPS) is 23.9. The molecule has 0 saturated heterocycles. The van der Waals surface area contributed by atoms with Gasteiger partial charge in [0.2, 0.25) is 0 Å². The van der Waals surface area contributed by atoms with Gasteiger partial charge in [0.1, 0.15) is 11.6 Å². The SMILES string of the molecule is COc1ccc(C(N)C2CC2(C)C)c(F)c1. The van der Waals surface area contributed by atoms with Crippen LogP contribution in [0.25, 0.3) is 0 Å². The van der Waals surface area contributed by atoms with Crippen molar-refractivity contribution in [2.75, 3.05) is 7.11 Å². The first-order valence-electron chi connectivity index (χ1n) is 5.55. The van der Waals surface area contributed by atoms with Crippen LogP contribution in [0.1, 0.15) is 31.9 Å². The van der Waals surface area contributed by atoms with E-state index in [4.69, 9.17) is 10.5 Å². The molecule has 2 N–H and O–H groups in total. The Morgan fingerprint density at radius 1 is 1.50 bits per heavy atom. The van der Waals surface area contributed by atoms with Crippen molar-refractivity contribution in [3.8, 4) is 5.75 Å². The molecule has 16 heavy (non-hydrogen) atoms. The van der Waals surface area contributed by atoms with Gasteiger partial charge in [0.05, 0.1) is 7.11 Å². The van der Waals surface area contributed by atoms with Crippen molar-refractivity contribution in [1.29, 1.82) is 0 Å². The second-order valence-electron chi connectivity index (χ2n) is 5.21. The van der Waals surface area contributed by atoms with E-state index in [-0.39, 0.29) is 17.3 Å². The second kappa shape index (κ2) is 3.74. The summed E-state index contributed by atoms with van der Waals surface area (Å²) in [4.78, 5) is 0. The zero-order valence-electron chi connectivity index (χ0n) is 9.96. The van der Waals surface area contributed by atoms with Crippen molar-refractivity contribution in [2.24, 2.45) is 17.1 Å². The molecule has 2 atom stereocenters. The van der Waals surface area contributed by atoms with Crippen molar-refractivity contribution >= 4 is 0 Å². The number of rotatable bonds is 3. The van der Waals surface area contributed by atoms with E-state index in [1.807, 2.05) is 0 Å². The molecule has 1 aromatic carbocycles. The lowest BCUT2D eigenvalue weighted by Gasteiger charge is -2.15. The van der Waals surface area contributed by atoms with Crippen LogP contribution >= 0.6 is 0 Å². The van der Waals surface area contributed by atoms with Gasteiger partial charge < -0.3 is 10.5 Å². The van der Waals surface area contributed by atoms with Gasteiger partial charge in [-0.15, -0.1) is 0 Å². The average molecular weight is 223 g/mol. The van der Waals surface area contributed by atoms with Crippen LogP contribution in [0.2, 0.25) is 0 Å². The number of nitrogens with two attached hydrogens (primary N) is 1. The van der Waals surface area contributed by atoms with Gasteiger partial charge in [-0.1, -0.05) is 19.9 Å².